The maximum Gasteiger partial charge on any atom is 0.329 e. The van der Waals surface area contributed by atoms with E-state index in [1.807, 2.05) is 0 Å². The summed E-state index contributed by atoms with van der Waals surface area (Å²) in [6.07, 6.45) is 4.26. The third kappa shape index (κ3) is 2.89. The Kier molecular flexibility index (Phi) is 4.88. The fourth-order valence-corrected chi connectivity index (χ4v) is 3.51. The fourth-order valence-electron chi connectivity index (χ4n) is 3.51. The van der Waals surface area contributed by atoms with Crippen molar-refractivity contribution in [2.24, 2.45) is 11.8 Å². The molecule has 2 amide bonds. The number of amides is 2. The number of ether oxygens (including phenoxy) is 2. The zero-order valence-electron chi connectivity index (χ0n) is 14.5. The molecule has 0 spiro atoms. The Morgan fingerprint density at radius 1 is 1.00 bits per heavy atom. The minimum atomic E-state index is -1.07. The molecule has 0 unspecified atom stereocenters. The first-order chi connectivity index (χ1) is 12.5. The maximum atomic E-state index is 12.7. The quantitative estimate of drug-likeness (QED) is 0.462. The molecule has 0 radical (unpaired) electrons. The SMILES string of the molecule is COC(=O)[C@H]1C=C[C@H]([C@H](C(=O)OC)N2C(=O)c3ccccc3C2=O)CC1. The molecule has 3 atom stereocenters. The van der Waals surface area contributed by atoms with E-state index in [1.165, 1.54) is 14.2 Å². The number of hydrogen-bond acceptors (Lipinski definition) is 6. The van der Waals surface area contributed by atoms with Crippen LogP contribution in [-0.4, -0.2) is 48.9 Å². The maximum absolute atomic E-state index is 12.7. The van der Waals surface area contributed by atoms with Gasteiger partial charge >= 0.3 is 11.9 Å². The van der Waals surface area contributed by atoms with Gasteiger partial charge in [-0.25, -0.2) is 4.79 Å². The Morgan fingerprint density at radius 3 is 2.08 bits per heavy atom. The van der Waals surface area contributed by atoms with Crippen molar-refractivity contribution in [3.8, 4) is 0 Å². The van der Waals surface area contributed by atoms with Gasteiger partial charge in [-0.15, -0.1) is 0 Å². The van der Waals surface area contributed by atoms with Crippen LogP contribution in [0, 0.1) is 11.8 Å². The second kappa shape index (κ2) is 7.11. The van der Waals surface area contributed by atoms with Crippen LogP contribution in [0.1, 0.15) is 33.6 Å². The molecule has 7 heteroatoms. The van der Waals surface area contributed by atoms with Gasteiger partial charge in [0, 0.05) is 5.92 Å². The van der Waals surface area contributed by atoms with Gasteiger partial charge in [-0.1, -0.05) is 24.3 Å². The Labute approximate surface area is 150 Å². The summed E-state index contributed by atoms with van der Waals surface area (Å²) in [5.41, 5.74) is 0.553. The number of nitrogens with zero attached hydrogens (tertiary/aromatic N) is 1. The van der Waals surface area contributed by atoms with Crippen LogP contribution in [0.15, 0.2) is 36.4 Å². The normalized spacial score (nSPS) is 22.8. The summed E-state index contributed by atoms with van der Waals surface area (Å²) in [5, 5.41) is 0. The van der Waals surface area contributed by atoms with Crippen LogP contribution < -0.4 is 0 Å². The van der Waals surface area contributed by atoms with Gasteiger partial charge in [0.15, 0.2) is 0 Å². The van der Waals surface area contributed by atoms with E-state index in [0.29, 0.717) is 12.8 Å². The highest BCUT2D eigenvalue weighted by Gasteiger charge is 2.46. The molecule has 1 aliphatic heterocycles. The van der Waals surface area contributed by atoms with Crippen molar-refractivity contribution in [3.05, 3.63) is 47.5 Å². The second-order valence-electron chi connectivity index (χ2n) is 6.25. The van der Waals surface area contributed by atoms with Crippen molar-refractivity contribution in [2.45, 2.75) is 18.9 Å². The molecule has 0 fully saturated rings. The zero-order chi connectivity index (χ0) is 18.8. The zero-order valence-corrected chi connectivity index (χ0v) is 14.5. The highest BCUT2D eigenvalue weighted by atomic mass is 16.5. The Morgan fingerprint density at radius 2 is 1.62 bits per heavy atom. The van der Waals surface area contributed by atoms with Crippen molar-refractivity contribution >= 4 is 23.8 Å². The van der Waals surface area contributed by atoms with Crippen LogP contribution in [-0.2, 0) is 19.1 Å². The van der Waals surface area contributed by atoms with E-state index in [4.69, 9.17) is 9.47 Å². The Balaban J connectivity index is 1.92. The minimum Gasteiger partial charge on any atom is -0.469 e. The molecule has 7 nitrogen and oxygen atoms in total. The predicted octanol–water partition coefficient (Wildman–Crippen LogP) is 1.58. The van der Waals surface area contributed by atoms with E-state index in [-0.39, 0.29) is 17.1 Å². The lowest BCUT2D eigenvalue weighted by Gasteiger charge is -2.32. The van der Waals surface area contributed by atoms with Gasteiger partial charge in [-0.2, -0.15) is 0 Å². The van der Waals surface area contributed by atoms with Crippen molar-refractivity contribution < 1.29 is 28.7 Å². The van der Waals surface area contributed by atoms with E-state index in [1.54, 1.807) is 36.4 Å². The summed E-state index contributed by atoms with van der Waals surface area (Å²) < 4.78 is 9.59. The van der Waals surface area contributed by atoms with Crippen molar-refractivity contribution in [3.63, 3.8) is 0 Å². The molecular weight excluding hydrogens is 338 g/mol. The molecule has 26 heavy (non-hydrogen) atoms. The molecule has 1 heterocycles. The predicted molar refractivity (Wildman–Crippen MR) is 90.1 cm³/mol. The van der Waals surface area contributed by atoms with Gasteiger partial charge in [0.2, 0.25) is 0 Å². The van der Waals surface area contributed by atoms with E-state index >= 15 is 0 Å². The van der Waals surface area contributed by atoms with E-state index in [2.05, 4.69) is 0 Å². The molecule has 0 aromatic heterocycles. The highest BCUT2D eigenvalue weighted by Crippen LogP contribution is 2.33. The van der Waals surface area contributed by atoms with E-state index < -0.39 is 35.7 Å². The number of imide groups is 1. The molecule has 136 valence electrons. The van der Waals surface area contributed by atoms with Gasteiger partial charge < -0.3 is 9.47 Å². The molecule has 1 aromatic rings. The number of methoxy groups -OCH3 is 2. The minimum absolute atomic E-state index is 0.277. The molecule has 3 rings (SSSR count). The first kappa shape index (κ1) is 17.8. The lowest BCUT2D eigenvalue weighted by atomic mass is 9.83. The Bertz CT molecular complexity index is 764. The number of carbonyl (C=O) groups excluding carboxylic acids is 4. The first-order valence-corrected chi connectivity index (χ1v) is 8.30. The average Bonchev–Trinajstić information content (AvgIpc) is 2.93. The van der Waals surface area contributed by atoms with Crippen LogP contribution in [0.5, 0.6) is 0 Å². The van der Waals surface area contributed by atoms with Crippen LogP contribution in [0.2, 0.25) is 0 Å². The van der Waals surface area contributed by atoms with Gasteiger partial charge in [-0.3, -0.25) is 19.3 Å². The molecule has 1 aromatic carbocycles. The standard InChI is InChI=1S/C19H19NO6/c1-25-18(23)12-9-7-11(8-10-12)15(19(24)26-2)20-16(21)13-5-3-4-6-14(13)17(20)22/h3-7,9,11-12,15H,8,10H2,1-2H3/t11-,12-,15+/m0/s1. The largest absolute Gasteiger partial charge is 0.469 e. The molecule has 0 bridgehead atoms. The lowest BCUT2D eigenvalue weighted by Crippen LogP contribution is -2.50. The third-order valence-corrected chi connectivity index (χ3v) is 4.86. The number of esters is 2. The Hall–Kier alpha value is -2.96. The molecular formula is C19H19NO6. The molecule has 0 saturated carbocycles. The average molecular weight is 357 g/mol. The molecule has 0 saturated heterocycles. The highest BCUT2D eigenvalue weighted by molar-refractivity contribution is 6.22. The molecule has 1 aliphatic carbocycles. The van der Waals surface area contributed by atoms with Gasteiger partial charge in [0.1, 0.15) is 6.04 Å². The van der Waals surface area contributed by atoms with Crippen molar-refractivity contribution in [1.82, 2.24) is 4.90 Å². The fraction of sp³-hybridized carbons (Fsp3) is 0.368. The van der Waals surface area contributed by atoms with Crippen molar-refractivity contribution in [2.75, 3.05) is 14.2 Å². The number of rotatable bonds is 4. The summed E-state index contributed by atoms with van der Waals surface area (Å²) in [7, 11) is 2.54. The van der Waals surface area contributed by atoms with Crippen LogP contribution >= 0.6 is 0 Å². The van der Waals surface area contributed by atoms with Gasteiger partial charge in [0.25, 0.3) is 11.8 Å². The van der Waals surface area contributed by atoms with Crippen LogP contribution in [0.4, 0.5) is 0 Å². The topological polar surface area (TPSA) is 90.0 Å². The van der Waals surface area contributed by atoms with Crippen molar-refractivity contribution in [1.29, 1.82) is 0 Å². The lowest BCUT2D eigenvalue weighted by molar-refractivity contribution is -0.146. The number of fused-ring (bicyclic) bond motifs is 1. The number of benzene rings is 1. The summed E-state index contributed by atoms with van der Waals surface area (Å²) in [5.74, 6) is -2.85. The van der Waals surface area contributed by atoms with E-state index in [0.717, 1.165) is 4.90 Å². The monoisotopic (exact) mass is 357 g/mol. The number of carbonyl (C=O) groups is 4. The summed E-state index contributed by atoms with van der Waals surface area (Å²) >= 11 is 0. The smallest absolute Gasteiger partial charge is 0.329 e. The van der Waals surface area contributed by atoms with Crippen LogP contribution in [0.25, 0.3) is 0 Å². The summed E-state index contributed by atoms with van der Waals surface area (Å²) in [4.78, 5) is 50.5. The first-order valence-electron chi connectivity index (χ1n) is 8.30. The second-order valence-corrected chi connectivity index (χ2v) is 6.25. The van der Waals surface area contributed by atoms with Gasteiger partial charge in [0.05, 0.1) is 31.3 Å². The van der Waals surface area contributed by atoms with Gasteiger partial charge in [-0.05, 0) is 25.0 Å². The summed E-state index contributed by atoms with van der Waals surface area (Å²) in [6, 6.07) is 5.40. The van der Waals surface area contributed by atoms with E-state index in [9.17, 15) is 19.2 Å². The molecule has 0 N–H and O–H groups in total. The van der Waals surface area contributed by atoms with Crippen LogP contribution in [0.3, 0.4) is 0 Å². The third-order valence-electron chi connectivity index (χ3n) is 4.86. The summed E-state index contributed by atoms with van der Waals surface area (Å²) in [6.45, 7) is 0. The molecule has 2 aliphatic rings. The number of hydrogen-bond donors (Lipinski definition) is 0.